The Hall–Kier alpha value is -2.40. The summed E-state index contributed by atoms with van der Waals surface area (Å²) in [7, 11) is 0. The van der Waals surface area contributed by atoms with E-state index in [9.17, 15) is 4.79 Å². The van der Waals surface area contributed by atoms with Crippen molar-refractivity contribution in [3.05, 3.63) is 59.4 Å². The number of rotatable bonds is 4. The zero-order valence-corrected chi connectivity index (χ0v) is 14.8. The molecule has 4 nitrogen and oxygen atoms in total. The first-order chi connectivity index (χ1) is 11.5. The van der Waals surface area contributed by atoms with Crippen LogP contribution < -0.4 is 5.32 Å². The lowest BCUT2D eigenvalue weighted by Crippen LogP contribution is -2.16. The number of amides is 1. The van der Waals surface area contributed by atoms with Crippen molar-refractivity contribution >= 4 is 34.3 Å². The molecular weight excluding hydrogens is 318 g/mol. The largest absolute Gasteiger partial charge is 0.325 e. The fourth-order valence-corrected chi connectivity index (χ4v) is 3.57. The van der Waals surface area contributed by atoms with E-state index in [0.717, 1.165) is 32.7 Å². The maximum absolute atomic E-state index is 12.3. The third-order valence-electron chi connectivity index (χ3n) is 3.79. The summed E-state index contributed by atoms with van der Waals surface area (Å²) in [5, 5.41) is 4.82. The number of hydrogen-bond acceptors (Lipinski definition) is 4. The van der Waals surface area contributed by atoms with Gasteiger partial charge in [-0.3, -0.25) is 4.79 Å². The van der Waals surface area contributed by atoms with Gasteiger partial charge >= 0.3 is 0 Å². The summed E-state index contributed by atoms with van der Waals surface area (Å²) in [6.45, 7) is 6.09. The standard InChI is InChI=1S/C19H19N3OS/c1-12-8-13(2)18(14(3)9-12)22-17(23)10-24-19-15-6-4-5-7-16(15)20-11-21-19/h4-9,11H,10H2,1-3H3,(H,22,23). The van der Waals surface area contributed by atoms with Gasteiger partial charge in [-0.05, 0) is 38.0 Å². The van der Waals surface area contributed by atoms with Crippen molar-refractivity contribution in [2.75, 3.05) is 11.1 Å². The van der Waals surface area contributed by atoms with E-state index in [0.29, 0.717) is 5.75 Å². The van der Waals surface area contributed by atoms with E-state index in [2.05, 4.69) is 34.3 Å². The highest BCUT2D eigenvalue weighted by Crippen LogP contribution is 2.25. The van der Waals surface area contributed by atoms with Gasteiger partial charge in [0.15, 0.2) is 0 Å². The lowest BCUT2D eigenvalue weighted by molar-refractivity contribution is -0.113. The van der Waals surface area contributed by atoms with Gasteiger partial charge in [-0.15, -0.1) is 0 Å². The molecule has 0 saturated heterocycles. The van der Waals surface area contributed by atoms with Crippen LogP contribution in [0.2, 0.25) is 0 Å². The zero-order chi connectivity index (χ0) is 17.1. The third-order valence-corrected chi connectivity index (χ3v) is 4.79. The molecule has 1 N–H and O–H groups in total. The second-order valence-electron chi connectivity index (χ2n) is 5.81. The normalized spacial score (nSPS) is 10.8. The van der Waals surface area contributed by atoms with Crippen molar-refractivity contribution in [1.82, 2.24) is 9.97 Å². The van der Waals surface area contributed by atoms with Crippen LogP contribution in [0, 0.1) is 20.8 Å². The van der Waals surface area contributed by atoms with Crippen LogP contribution in [0.15, 0.2) is 47.8 Å². The van der Waals surface area contributed by atoms with Crippen LogP contribution in [0.3, 0.4) is 0 Å². The van der Waals surface area contributed by atoms with E-state index in [-0.39, 0.29) is 5.91 Å². The molecule has 0 fully saturated rings. The molecule has 0 aliphatic heterocycles. The van der Waals surface area contributed by atoms with Crippen LogP contribution in [0.4, 0.5) is 5.69 Å². The number of benzene rings is 2. The predicted octanol–water partition coefficient (Wildman–Crippen LogP) is 4.29. The molecule has 1 heterocycles. The highest BCUT2D eigenvalue weighted by Gasteiger charge is 2.11. The number of aromatic nitrogens is 2. The molecule has 0 unspecified atom stereocenters. The van der Waals surface area contributed by atoms with Crippen LogP contribution in [0.25, 0.3) is 10.9 Å². The number of aryl methyl sites for hydroxylation is 3. The minimum absolute atomic E-state index is 0.0299. The number of hydrogen-bond donors (Lipinski definition) is 1. The molecule has 5 heteroatoms. The Kier molecular flexibility index (Phi) is 4.81. The van der Waals surface area contributed by atoms with Crippen LogP contribution in [0.5, 0.6) is 0 Å². The van der Waals surface area contributed by atoms with Gasteiger partial charge < -0.3 is 5.32 Å². The number of fused-ring (bicyclic) bond motifs is 1. The van der Waals surface area contributed by atoms with Gasteiger partial charge in [0.25, 0.3) is 0 Å². The van der Waals surface area contributed by atoms with E-state index in [1.165, 1.54) is 23.7 Å². The summed E-state index contributed by atoms with van der Waals surface area (Å²) >= 11 is 1.43. The van der Waals surface area contributed by atoms with Gasteiger partial charge in [0.2, 0.25) is 5.91 Å². The first kappa shape index (κ1) is 16.5. The molecule has 0 bridgehead atoms. The van der Waals surface area contributed by atoms with E-state index in [4.69, 9.17) is 0 Å². The fraction of sp³-hybridized carbons (Fsp3) is 0.211. The topological polar surface area (TPSA) is 54.9 Å². The number of carbonyl (C=O) groups is 1. The first-order valence-electron chi connectivity index (χ1n) is 7.75. The summed E-state index contributed by atoms with van der Waals surface area (Å²) in [5.74, 6) is 0.283. The van der Waals surface area contributed by atoms with Gasteiger partial charge in [0.05, 0.1) is 11.3 Å². The van der Waals surface area contributed by atoms with Crippen molar-refractivity contribution < 1.29 is 4.79 Å². The molecule has 0 aliphatic carbocycles. The second-order valence-corrected chi connectivity index (χ2v) is 6.77. The van der Waals surface area contributed by atoms with Crippen LogP contribution >= 0.6 is 11.8 Å². The molecule has 2 aromatic carbocycles. The van der Waals surface area contributed by atoms with Gasteiger partial charge in [-0.25, -0.2) is 9.97 Å². The highest BCUT2D eigenvalue weighted by molar-refractivity contribution is 8.00. The summed E-state index contributed by atoms with van der Waals surface area (Å²) in [6, 6.07) is 12.0. The van der Waals surface area contributed by atoms with Crippen molar-refractivity contribution in [2.24, 2.45) is 0 Å². The molecule has 1 aromatic heterocycles. The molecule has 1 amide bonds. The Bertz CT molecular complexity index is 880. The molecule has 0 aliphatic rings. The number of carbonyl (C=O) groups excluding carboxylic acids is 1. The summed E-state index contributed by atoms with van der Waals surface area (Å²) in [5.41, 5.74) is 5.15. The Morgan fingerprint density at radius 3 is 2.54 bits per heavy atom. The van der Waals surface area contributed by atoms with Gasteiger partial charge in [0, 0.05) is 11.1 Å². The zero-order valence-electron chi connectivity index (χ0n) is 14.0. The lowest BCUT2D eigenvalue weighted by Gasteiger charge is -2.12. The maximum Gasteiger partial charge on any atom is 0.234 e. The van der Waals surface area contributed by atoms with Crippen molar-refractivity contribution in [3.63, 3.8) is 0 Å². The summed E-state index contributed by atoms with van der Waals surface area (Å²) < 4.78 is 0. The second kappa shape index (κ2) is 7.01. The number of thioether (sulfide) groups is 1. The van der Waals surface area contributed by atoms with E-state index in [1.54, 1.807) is 0 Å². The van der Waals surface area contributed by atoms with Crippen LogP contribution in [-0.2, 0) is 4.79 Å². The average molecular weight is 337 g/mol. The Labute approximate surface area is 145 Å². The number of anilines is 1. The highest BCUT2D eigenvalue weighted by atomic mass is 32.2. The number of nitrogens with zero attached hydrogens (tertiary/aromatic N) is 2. The van der Waals surface area contributed by atoms with E-state index < -0.39 is 0 Å². The Balaban J connectivity index is 1.72. The molecule has 3 rings (SSSR count). The van der Waals surface area contributed by atoms with Crippen molar-refractivity contribution in [1.29, 1.82) is 0 Å². The number of nitrogens with one attached hydrogen (secondary N) is 1. The predicted molar refractivity (Wildman–Crippen MR) is 99.5 cm³/mol. The summed E-state index contributed by atoms with van der Waals surface area (Å²) in [4.78, 5) is 20.9. The van der Waals surface area contributed by atoms with Crippen molar-refractivity contribution in [3.8, 4) is 0 Å². The molecule has 3 aromatic rings. The SMILES string of the molecule is Cc1cc(C)c(NC(=O)CSc2ncnc3ccccc23)c(C)c1. The molecule has 0 spiro atoms. The minimum Gasteiger partial charge on any atom is -0.325 e. The number of para-hydroxylation sites is 1. The van der Waals surface area contributed by atoms with Gasteiger partial charge in [-0.1, -0.05) is 47.7 Å². The Morgan fingerprint density at radius 2 is 1.79 bits per heavy atom. The molecule has 0 saturated carbocycles. The van der Waals surface area contributed by atoms with E-state index in [1.807, 2.05) is 38.1 Å². The van der Waals surface area contributed by atoms with E-state index >= 15 is 0 Å². The van der Waals surface area contributed by atoms with Gasteiger partial charge in [0.1, 0.15) is 11.4 Å². The summed E-state index contributed by atoms with van der Waals surface area (Å²) in [6.07, 6.45) is 1.54. The molecule has 122 valence electrons. The fourth-order valence-electron chi connectivity index (χ4n) is 2.78. The van der Waals surface area contributed by atoms with Crippen molar-refractivity contribution in [2.45, 2.75) is 25.8 Å². The minimum atomic E-state index is -0.0299. The monoisotopic (exact) mass is 337 g/mol. The quantitative estimate of drug-likeness (QED) is 0.570. The molecular formula is C19H19N3OS. The maximum atomic E-state index is 12.3. The van der Waals surface area contributed by atoms with Crippen LogP contribution in [0.1, 0.15) is 16.7 Å². The lowest BCUT2D eigenvalue weighted by atomic mass is 10.1. The smallest absolute Gasteiger partial charge is 0.234 e. The first-order valence-corrected chi connectivity index (χ1v) is 8.73. The average Bonchev–Trinajstić information content (AvgIpc) is 2.56. The van der Waals surface area contributed by atoms with Gasteiger partial charge in [-0.2, -0.15) is 0 Å². The molecule has 24 heavy (non-hydrogen) atoms. The van der Waals surface area contributed by atoms with Crippen LogP contribution in [-0.4, -0.2) is 21.6 Å². The third kappa shape index (κ3) is 3.57. The molecule has 0 radical (unpaired) electrons. The molecule has 0 atom stereocenters. The Morgan fingerprint density at radius 1 is 1.08 bits per heavy atom.